The molecule has 168 valence electrons. The molecule has 0 aliphatic rings. The second-order valence-electron chi connectivity index (χ2n) is 7.50. The molecule has 11 heteroatoms. The molecule has 0 fully saturated rings. The molecule has 0 aliphatic heterocycles. The molecule has 2 N–H and O–H groups in total. The van der Waals surface area contributed by atoms with Crippen molar-refractivity contribution in [1.82, 2.24) is 9.55 Å². The van der Waals surface area contributed by atoms with Gasteiger partial charge in [-0.05, 0) is 49.1 Å². The Bertz CT molecular complexity index is 1210. The van der Waals surface area contributed by atoms with Gasteiger partial charge < -0.3 is 4.52 Å². The molecule has 0 amide bonds. The van der Waals surface area contributed by atoms with Crippen LogP contribution in [-0.2, 0) is 17.5 Å². The van der Waals surface area contributed by atoms with Gasteiger partial charge in [0, 0.05) is 17.8 Å². The summed E-state index contributed by atoms with van der Waals surface area (Å²) in [6.07, 6.45) is 0.370. The van der Waals surface area contributed by atoms with Gasteiger partial charge in [0.05, 0.1) is 5.56 Å². The number of rotatable bonds is 7. The molecule has 3 aromatic rings. The summed E-state index contributed by atoms with van der Waals surface area (Å²) in [4.78, 5) is 36.5. The van der Waals surface area contributed by atoms with Crippen LogP contribution in [0.15, 0.2) is 53.3 Å². The third kappa shape index (κ3) is 7.85. The zero-order valence-electron chi connectivity index (χ0n) is 17.4. The molecule has 0 atom stereocenters. The third-order valence-corrected chi connectivity index (χ3v) is 5.26. The van der Waals surface area contributed by atoms with Crippen LogP contribution in [0, 0.1) is 12.7 Å². The second-order valence-corrected chi connectivity index (χ2v) is 8.67. The standard InChI is InChI=1S/C22H24FN2O5P.2Na.2H/c1-14(2)20-15(3)24-21(18-9-4-5-10-19(18)30-31(27,28)29)25(22(20)26)12-11-16-7-6-8-17(23)13-16;;;;/h4-10,13-14H,11-12H2,1-3H3,(H2,27,28,29);;;;. The Morgan fingerprint density at radius 3 is 2.39 bits per heavy atom. The second kappa shape index (κ2) is 12.8. The molecule has 1 heterocycles. The summed E-state index contributed by atoms with van der Waals surface area (Å²) < 4.78 is 31.3. The molecular formula is C22H26FN2Na2O5P. The van der Waals surface area contributed by atoms with Gasteiger partial charge in [-0.25, -0.2) is 13.9 Å². The first-order valence-corrected chi connectivity index (χ1v) is 11.3. The fraction of sp³-hybridized carbons (Fsp3) is 0.273. The predicted molar refractivity (Wildman–Crippen MR) is 130 cm³/mol. The summed E-state index contributed by atoms with van der Waals surface area (Å²) in [6, 6.07) is 12.3. The van der Waals surface area contributed by atoms with Gasteiger partial charge in [-0.1, -0.05) is 38.1 Å². The van der Waals surface area contributed by atoms with E-state index in [-0.39, 0.29) is 100 Å². The number of phosphoric acid groups is 1. The van der Waals surface area contributed by atoms with E-state index in [9.17, 15) is 23.5 Å². The topological polar surface area (TPSA) is 102 Å². The maximum absolute atomic E-state index is 13.6. The number of hydrogen-bond acceptors (Lipinski definition) is 4. The molecular weight excluding hydrogens is 468 g/mol. The van der Waals surface area contributed by atoms with E-state index in [1.807, 2.05) is 13.8 Å². The normalized spacial score (nSPS) is 11.0. The van der Waals surface area contributed by atoms with Gasteiger partial charge in [0.2, 0.25) is 0 Å². The van der Waals surface area contributed by atoms with E-state index in [0.717, 1.165) is 0 Å². The maximum atomic E-state index is 13.6. The van der Waals surface area contributed by atoms with Crippen molar-refractivity contribution in [2.75, 3.05) is 0 Å². The van der Waals surface area contributed by atoms with Crippen LogP contribution in [0.2, 0.25) is 0 Å². The van der Waals surface area contributed by atoms with E-state index >= 15 is 0 Å². The van der Waals surface area contributed by atoms with E-state index in [1.165, 1.54) is 22.8 Å². The molecule has 7 nitrogen and oxygen atoms in total. The first-order valence-electron chi connectivity index (χ1n) is 9.77. The zero-order chi connectivity index (χ0) is 22.8. The fourth-order valence-electron chi connectivity index (χ4n) is 3.55. The van der Waals surface area contributed by atoms with Crippen LogP contribution in [0.25, 0.3) is 11.4 Å². The predicted octanol–water partition coefficient (Wildman–Crippen LogP) is 2.90. The first-order chi connectivity index (χ1) is 14.6. The average Bonchev–Trinajstić information content (AvgIpc) is 2.66. The van der Waals surface area contributed by atoms with Crippen molar-refractivity contribution in [1.29, 1.82) is 0 Å². The van der Waals surface area contributed by atoms with Crippen molar-refractivity contribution < 1.29 is 23.3 Å². The summed E-state index contributed by atoms with van der Waals surface area (Å²) in [5.41, 5.74) is 1.82. The van der Waals surface area contributed by atoms with Crippen LogP contribution in [-0.4, -0.2) is 78.5 Å². The Kier molecular flexibility index (Phi) is 11.7. The first kappa shape index (κ1) is 30.2. The fourth-order valence-corrected chi connectivity index (χ4v) is 3.96. The Morgan fingerprint density at radius 1 is 1.12 bits per heavy atom. The van der Waals surface area contributed by atoms with Gasteiger partial charge in [0.1, 0.15) is 17.4 Å². The van der Waals surface area contributed by atoms with Crippen LogP contribution >= 0.6 is 7.82 Å². The van der Waals surface area contributed by atoms with Gasteiger partial charge >= 0.3 is 66.9 Å². The quantitative estimate of drug-likeness (QED) is 0.387. The molecule has 0 aliphatic carbocycles. The summed E-state index contributed by atoms with van der Waals surface area (Å²) in [5.74, 6) is -0.294. The number of hydrogen-bond donors (Lipinski definition) is 2. The van der Waals surface area contributed by atoms with Crippen molar-refractivity contribution in [3.8, 4) is 17.1 Å². The minimum absolute atomic E-state index is 0. The summed E-state index contributed by atoms with van der Waals surface area (Å²) in [6.45, 7) is 5.72. The van der Waals surface area contributed by atoms with Crippen molar-refractivity contribution in [2.24, 2.45) is 0 Å². The van der Waals surface area contributed by atoms with Crippen molar-refractivity contribution in [3.05, 3.63) is 81.5 Å². The van der Waals surface area contributed by atoms with Crippen LogP contribution in [0.5, 0.6) is 5.75 Å². The number of aryl methyl sites for hydroxylation is 2. The molecule has 0 unspecified atom stereocenters. The molecule has 0 saturated heterocycles. The van der Waals surface area contributed by atoms with E-state index < -0.39 is 7.82 Å². The molecule has 0 spiro atoms. The van der Waals surface area contributed by atoms with Gasteiger partial charge in [-0.15, -0.1) is 0 Å². The van der Waals surface area contributed by atoms with E-state index in [1.54, 1.807) is 37.3 Å². The molecule has 0 bridgehead atoms. The molecule has 2 aromatic carbocycles. The molecule has 1 aromatic heterocycles. The average molecular weight is 494 g/mol. The van der Waals surface area contributed by atoms with E-state index in [4.69, 9.17) is 4.52 Å². The van der Waals surface area contributed by atoms with Gasteiger partial charge in [0.25, 0.3) is 5.56 Å². The number of halogens is 1. The Labute approximate surface area is 236 Å². The number of aromatic nitrogens is 2. The van der Waals surface area contributed by atoms with E-state index in [0.29, 0.717) is 23.2 Å². The molecule has 0 saturated carbocycles. The SMILES string of the molecule is Cc1nc(-c2ccccc2OP(=O)(O)O)n(CCc2cccc(F)c2)c(=O)c1C(C)C.[NaH].[NaH]. The Hall–Kier alpha value is -0.800. The summed E-state index contributed by atoms with van der Waals surface area (Å²) in [5, 5.41) is 0. The van der Waals surface area contributed by atoms with Crippen LogP contribution < -0.4 is 10.1 Å². The Balaban J connectivity index is 0.00000272. The van der Waals surface area contributed by atoms with Gasteiger partial charge in [-0.2, -0.15) is 0 Å². The van der Waals surface area contributed by atoms with Crippen molar-refractivity contribution in [3.63, 3.8) is 0 Å². The van der Waals surface area contributed by atoms with E-state index in [2.05, 4.69) is 4.98 Å². The summed E-state index contributed by atoms with van der Waals surface area (Å²) >= 11 is 0. The van der Waals surface area contributed by atoms with Crippen LogP contribution in [0.4, 0.5) is 4.39 Å². The molecule has 3 rings (SSSR count). The van der Waals surface area contributed by atoms with Crippen molar-refractivity contribution >= 4 is 66.9 Å². The molecule has 33 heavy (non-hydrogen) atoms. The van der Waals surface area contributed by atoms with Gasteiger partial charge in [0.15, 0.2) is 0 Å². The number of nitrogens with zero attached hydrogens (tertiary/aromatic N) is 2. The summed E-state index contributed by atoms with van der Waals surface area (Å²) in [7, 11) is -4.82. The van der Waals surface area contributed by atoms with Crippen LogP contribution in [0.1, 0.15) is 36.6 Å². The van der Waals surface area contributed by atoms with Crippen molar-refractivity contribution in [2.45, 2.75) is 39.7 Å². The molecule has 0 radical (unpaired) electrons. The number of benzene rings is 2. The zero-order valence-corrected chi connectivity index (χ0v) is 18.3. The number of phosphoric ester groups is 1. The Morgan fingerprint density at radius 2 is 1.79 bits per heavy atom. The monoisotopic (exact) mass is 494 g/mol. The minimum atomic E-state index is -4.82. The third-order valence-electron chi connectivity index (χ3n) is 4.83. The number of para-hydroxylation sites is 1. The van der Waals surface area contributed by atoms with Crippen LogP contribution in [0.3, 0.4) is 0 Å². The van der Waals surface area contributed by atoms with Gasteiger partial charge in [-0.3, -0.25) is 19.1 Å².